The van der Waals surface area contributed by atoms with Crippen LogP contribution in [0.25, 0.3) is 5.69 Å². The van der Waals surface area contributed by atoms with Crippen molar-refractivity contribution in [2.75, 3.05) is 5.32 Å². The van der Waals surface area contributed by atoms with E-state index >= 15 is 0 Å². The van der Waals surface area contributed by atoms with Crippen molar-refractivity contribution in [3.8, 4) is 5.69 Å². The second kappa shape index (κ2) is 6.13. The first-order chi connectivity index (χ1) is 11.4. The quantitative estimate of drug-likeness (QED) is 0.792. The summed E-state index contributed by atoms with van der Waals surface area (Å²) in [5.74, 6) is -0.236. The van der Waals surface area contributed by atoms with Crippen molar-refractivity contribution in [1.82, 2.24) is 19.6 Å². The van der Waals surface area contributed by atoms with Gasteiger partial charge in [-0.1, -0.05) is 11.6 Å². The summed E-state index contributed by atoms with van der Waals surface area (Å²) in [5.41, 5.74) is 4.57. The van der Waals surface area contributed by atoms with Crippen molar-refractivity contribution in [2.45, 2.75) is 20.8 Å². The van der Waals surface area contributed by atoms with Crippen LogP contribution in [0, 0.1) is 20.8 Å². The van der Waals surface area contributed by atoms with Crippen LogP contribution in [0.3, 0.4) is 0 Å². The van der Waals surface area contributed by atoms with E-state index in [1.807, 2.05) is 45.0 Å². The fourth-order valence-electron chi connectivity index (χ4n) is 2.43. The van der Waals surface area contributed by atoms with Crippen molar-refractivity contribution in [3.63, 3.8) is 0 Å². The van der Waals surface area contributed by atoms with Crippen LogP contribution >= 0.6 is 11.6 Å². The largest absolute Gasteiger partial charge is 0.321 e. The molecule has 6 nitrogen and oxygen atoms in total. The van der Waals surface area contributed by atoms with Gasteiger partial charge in [0, 0.05) is 18.4 Å². The Balaban J connectivity index is 1.79. The molecule has 0 radical (unpaired) electrons. The van der Waals surface area contributed by atoms with Crippen LogP contribution in [-0.4, -0.2) is 25.5 Å². The number of anilines is 1. The molecule has 0 unspecified atom stereocenters. The smallest absolute Gasteiger partial charge is 0.276 e. The average molecular weight is 344 g/mol. The van der Waals surface area contributed by atoms with Crippen LogP contribution in [0.15, 0.2) is 30.3 Å². The molecule has 1 amide bonds. The van der Waals surface area contributed by atoms with E-state index in [0.29, 0.717) is 16.4 Å². The number of hydrogen-bond acceptors (Lipinski definition) is 3. The Bertz CT molecular complexity index is 888. The first-order valence-corrected chi connectivity index (χ1v) is 7.89. The van der Waals surface area contributed by atoms with Crippen LogP contribution in [0.1, 0.15) is 27.6 Å². The van der Waals surface area contributed by atoms with Gasteiger partial charge in [0.1, 0.15) is 0 Å². The Labute approximate surface area is 145 Å². The number of aryl methyl sites for hydroxylation is 3. The van der Waals surface area contributed by atoms with Gasteiger partial charge in [0.25, 0.3) is 5.91 Å². The van der Waals surface area contributed by atoms with E-state index in [0.717, 1.165) is 22.8 Å². The van der Waals surface area contributed by atoms with Crippen LogP contribution in [0.5, 0.6) is 0 Å². The van der Waals surface area contributed by atoms with Gasteiger partial charge in [0.05, 0.1) is 22.1 Å². The van der Waals surface area contributed by atoms with E-state index in [9.17, 15) is 4.79 Å². The Kier molecular flexibility index (Phi) is 4.15. The third kappa shape index (κ3) is 2.92. The van der Waals surface area contributed by atoms with E-state index in [1.165, 1.54) is 0 Å². The summed E-state index contributed by atoms with van der Waals surface area (Å²) < 4.78 is 3.45. The van der Waals surface area contributed by atoms with E-state index < -0.39 is 0 Å². The lowest BCUT2D eigenvalue weighted by Gasteiger charge is -2.07. The normalized spacial score (nSPS) is 10.9. The second-order valence-electron chi connectivity index (χ2n) is 5.69. The minimum atomic E-state index is -0.236. The Morgan fingerprint density at radius 1 is 1.12 bits per heavy atom. The lowest BCUT2D eigenvalue weighted by molar-refractivity contribution is 0.102. The zero-order valence-corrected chi connectivity index (χ0v) is 14.7. The molecule has 0 aliphatic heterocycles. The standard InChI is InChI=1S/C17H18ClN5O/c1-10-9-15(21-22(10)4)17(24)19-13-5-7-14(8-6-13)23-12(3)16(18)11(2)20-23/h5-9H,1-4H3,(H,19,24). The Hall–Kier alpha value is -2.60. The van der Waals surface area contributed by atoms with Crippen molar-refractivity contribution < 1.29 is 4.79 Å². The second-order valence-corrected chi connectivity index (χ2v) is 6.07. The van der Waals surface area contributed by atoms with Crippen LogP contribution in [0.2, 0.25) is 5.02 Å². The summed E-state index contributed by atoms with van der Waals surface area (Å²) in [7, 11) is 1.81. The molecule has 0 saturated carbocycles. The van der Waals surface area contributed by atoms with Gasteiger partial charge in [0.2, 0.25) is 0 Å². The van der Waals surface area contributed by atoms with Gasteiger partial charge in [-0.25, -0.2) is 4.68 Å². The van der Waals surface area contributed by atoms with Crippen molar-refractivity contribution in [2.24, 2.45) is 7.05 Å². The van der Waals surface area contributed by atoms with E-state index in [2.05, 4.69) is 15.5 Å². The summed E-state index contributed by atoms with van der Waals surface area (Å²) >= 11 is 6.18. The van der Waals surface area contributed by atoms with E-state index in [1.54, 1.807) is 22.5 Å². The predicted molar refractivity (Wildman–Crippen MR) is 93.9 cm³/mol. The van der Waals surface area contributed by atoms with Gasteiger partial charge < -0.3 is 5.32 Å². The summed E-state index contributed by atoms with van der Waals surface area (Å²) in [5, 5.41) is 12.1. The maximum atomic E-state index is 12.2. The van der Waals surface area contributed by atoms with Crippen molar-refractivity contribution in [3.05, 3.63) is 58.1 Å². The molecular formula is C17H18ClN5O. The summed E-state index contributed by atoms with van der Waals surface area (Å²) in [6.45, 7) is 5.69. The predicted octanol–water partition coefficient (Wildman–Crippen LogP) is 3.44. The zero-order valence-electron chi connectivity index (χ0n) is 14.0. The maximum absolute atomic E-state index is 12.2. The van der Waals surface area contributed by atoms with Crippen LogP contribution in [0.4, 0.5) is 5.69 Å². The molecule has 0 saturated heterocycles. The fraction of sp³-hybridized carbons (Fsp3) is 0.235. The molecule has 1 N–H and O–H groups in total. The third-order valence-electron chi connectivity index (χ3n) is 3.92. The summed E-state index contributed by atoms with van der Waals surface area (Å²) in [6.07, 6.45) is 0. The van der Waals surface area contributed by atoms with E-state index in [-0.39, 0.29) is 5.91 Å². The van der Waals surface area contributed by atoms with Gasteiger partial charge in [-0.3, -0.25) is 9.48 Å². The molecule has 0 fully saturated rings. The molecule has 2 aromatic heterocycles. The number of hydrogen-bond donors (Lipinski definition) is 1. The molecule has 0 atom stereocenters. The summed E-state index contributed by atoms with van der Waals surface area (Å²) in [6, 6.07) is 9.17. The zero-order chi connectivity index (χ0) is 17.4. The number of nitrogens with one attached hydrogen (secondary N) is 1. The minimum absolute atomic E-state index is 0.236. The van der Waals surface area contributed by atoms with Crippen molar-refractivity contribution >= 4 is 23.2 Å². The number of carbonyl (C=O) groups is 1. The molecule has 7 heteroatoms. The molecule has 2 heterocycles. The highest BCUT2D eigenvalue weighted by molar-refractivity contribution is 6.31. The van der Waals surface area contributed by atoms with Crippen LogP contribution < -0.4 is 5.32 Å². The minimum Gasteiger partial charge on any atom is -0.321 e. The fourth-order valence-corrected chi connectivity index (χ4v) is 2.55. The van der Waals surface area contributed by atoms with Gasteiger partial charge in [0.15, 0.2) is 5.69 Å². The highest BCUT2D eigenvalue weighted by Crippen LogP contribution is 2.23. The topological polar surface area (TPSA) is 64.7 Å². The van der Waals surface area contributed by atoms with Gasteiger partial charge in [-0.05, 0) is 51.1 Å². The number of halogens is 1. The van der Waals surface area contributed by atoms with Gasteiger partial charge >= 0.3 is 0 Å². The Morgan fingerprint density at radius 3 is 2.29 bits per heavy atom. The highest BCUT2D eigenvalue weighted by atomic mass is 35.5. The SMILES string of the molecule is Cc1nn(-c2ccc(NC(=O)c3cc(C)n(C)n3)cc2)c(C)c1Cl. The summed E-state index contributed by atoms with van der Waals surface area (Å²) in [4.78, 5) is 12.2. The lowest BCUT2D eigenvalue weighted by Crippen LogP contribution is -2.13. The molecular weight excluding hydrogens is 326 g/mol. The number of rotatable bonds is 3. The lowest BCUT2D eigenvalue weighted by atomic mass is 10.2. The molecule has 0 aliphatic rings. The number of nitrogens with zero attached hydrogens (tertiary/aromatic N) is 4. The molecule has 24 heavy (non-hydrogen) atoms. The highest BCUT2D eigenvalue weighted by Gasteiger charge is 2.13. The number of amides is 1. The molecule has 3 rings (SSSR count). The first kappa shape index (κ1) is 16.3. The number of aromatic nitrogens is 4. The third-order valence-corrected chi connectivity index (χ3v) is 4.47. The molecule has 0 aliphatic carbocycles. The average Bonchev–Trinajstić information content (AvgIpc) is 3.03. The monoisotopic (exact) mass is 343 g/mol. The molecule has 3 aromatic rings. The molecule has 1 aromatic carbocycles. The Morgan fingerprint density at radius 2 is 1.79 bits per heavy atom. The van der Waals surface area contributed by atoms with E-state index in [4.69, 9.17) is 11.6 Å². The van der Waals surface area contributed by atoms with Gasteiger partial charge in [-0.15, -0.1) is 0 Å². The molecule has 0 bridgehead atoms. The van der Waals surface area contributed by atoms with Crippen molar-refractivity contribution in [1.29, 1.82) is 0 Å². The molecule has 0 spiro atoms. The molecule has 124 valence electrons. The number of carbonyl (C=O) groups excluding carboxylic acids is 1. The van der Waals surface area contributed by atoms with Crippen LogP contribution in [-0.2, 0) is 7.05 Å². The maximum Gasteiger partial charge on any atom is 0.276 e. The first-order valence-electron chi connectivity index (χ1n) is 7.51. The van der Waals surface area contributed by atoms with Gasteiger partial charge in [-0.2, -0.15) is 10.2 Å². The number of benzene rings is 1.